The summed E-state index contributed by atoms with van der Waals surface area (Å²) in [5.41, 5.74) is 1.89. The molecule has 118 valence electrons. The fraction of sp³-hybridized carbons (Fsp3) is 0.222. The fourth-order valence-corrected chi connectivity index (χ4v) is 2.99. The third kappa shape index (κ3) is 3.72. The van der Waals surface area contributed by atoms with Crippen molar-refractivity contribution in [3.05, 3.63) is 57.7 Å². The van der Waals surface area contributed by atoms with Crippen molar-refractivity contribution in [2.24, 2.45) is 5.92 Å². The number of benzene rings is 2. The van der Waals surface area contributed by atoms with Crippen LogP contribution in [0.3, 0.4) is 0 Å². The minimum absolute atomic E-state index is 0.0829. The van der Waals surface area contributed by atoms with Crippen molar-refractivity contribution in [2.45, 2.75) is 12.8 Å². The van der Waals surface area contributed by atoms with E-state index in [4.69, 9.17) is 0 Å². The minimum Gasteiger partial charge on any atom is -0.322 e. The Labute approximate surface area is 149 Å². The van der Waals surface area contributed by atoms with Crippen molar-refractivity contribution in [1.29, 1.82) is 0 Å². The number of nitrogens with zero attached hydrogens (tertiary/aromatic N) is 1. The van der Waals surface area contributed by atoms with Crippen LogP contribution >= 0.6 is 22.6 Å². The van der Waals surface area contributed by atoms with Gasteiger partial charge in [-0.2, -0.15) is 0 Å². The van der Waals surface area contributed by atoms with Gasteiger partial charge in [0.25, 0.3) is 5.91 Å². The maximum Gasteiger partial charge on any atom is 0.257 e. The van der Waals surface area contributed by atoms with E-state index in [0.29, 0.717) is 11.3 Å². The van der Waals surface area contributed by atoms with Crippen LogP contribution in [0, 0.1) is 9.49 Å². The molecule has 0 saturated heterocycles. The second-order valence-corrected chi connectivity index (χ2v) is 6.90. The van der Waals surface area contributed by atoms with Gasteiger partial charge in [0.15, 0.2) is 0 Å². The van der Waals surface area contributed by atoms with Crippen LogP contribution in [0.4, 0.5) is 11.4 Å². The first kappa shape index (κ1) is 16.0. The molecule has 3 rings (SSSR count). The summed E-state index contributed by atoms with van der Waals surface area (Å²) in [5.74, 6) is -0.00984. The standard InChI is InChI=1S/C18H17IN2O2/c1-21(18(23)12-9-10-12)16-8-3-2-7-15(16)17(22)20-14-6-4-5-13(19)11-14/h2-8,11-12H,9-10H2,1H3,(H,20,22). The molecule has 2 aromatic carbocycles. The molecule has 2 amide bonds. The molecule has 1 saturated carbocycles. The summed E-state index contributed by atoms with van der Waals surface area (Å²) in [6.07, 6.45) is 1.89. The summed E-state index contributed by atoms with van der Waals surface area (Å²) >= 11 is 2.20. The van der Waals surface area contributed by atoms with Crippen LogP contribution in [0.1, 0.15) is 23.2 Å². The van der Waals surface area contributed by atoms with Gasteiger partial charge in [0, 0.05) is 22.2 Å². The van der Waals surface area contributed by atoms with E-state index in [1.165, 1.54) is 0 Å². The van der Waals surface area contributed by atoms with Gasteiger partial charge in [-0.3, -0.25) is 9.59 Å². The second kappa shape index (κ2) is 6.70. The molecule has 0 bridgehead atoms. The Morgan fingerprint density at radius 3 is 2.57 bits per heavy atom. The minimum atomic E-state index is -0.210. The molecular weight excluding hydrogens is 403 g/mol. The molecule has 0 spiro atoms. The first-order valence-corrected chi connectivity index (χ1v) is 8.57. The molecule has 0 heterocycles. The van der Waals surface area contributed by atoms with Gasteiger partial charge in [-0.05, 0) is 65.8 Å². The van der Waals surface area contributed by atoms with Crippen molar-refractivity contribution >= 4 is 45.8 Å². The van der Waals surface area contributed by atoms with Crippen LogP contribution in [-0.4, -0.2) is 18.9 Å². The smallest absolute Gasteiger partial charge is 0.257 e. The van der Waals surface area contributed by atoms with Crippen LogP contribution in [-0.2, 0) is 4.79 Å². The van der Waals surface area contributed by atoms with Gasteiger partial charge in [-0.25, -0.2) is 0 Å². The summed E-state index contributed by atoms with van der Waals surface area (Å²) in [6.45, 7) is 0. The number of rotatable bonds is 4. The lowest BCUT2D eigenvalue weighted by molar-refractivity contribution is -0.119. The summed E-state index contributed by atoms with van der Waals surface area (Å²) < 4.78 is 1.05. The number of carbonyl (C=O) groups excluding carboxylic acids is 2. The zero-order chi connectivity index (χ0) is 16.4. The van der Waals surface area contributed by atoms with Crippen LogP contribution in [0.5, 0.6) is 0 Å². The van der Waals surface area contributed by atoms with Crippen molar-refractivity contribution < 1.29 is 9.59 Å². The molecule has 5 heteroatoms. The number of anilines is 2. The lowest BCUT2D eigenvalue weighted by Crippen LogP contribution is -2.29. The molecule has 2 aromatic rings. The molecule has 1 aliphatic rings. The number of hydrogen-bond acceptors (Lipinski definition) is 2. The number of carbonyl (C=O) groups is 2. The van der Waals surface area contributed by atoms with E-state index in [1.54, 1.807) is 18.0 Å². The summed E-state index contributed by atoms with van der Waals surface area (Å²) in [4.78, 5) is 26.5. The normalized spacial score (nSPS) is 13.5. The highest BCUT2D eigenvalue weighted by Gasteiger charge is 2.33. The van der Waals surface area contributed by atoms with Gasteiger partial charge in [-0.15, -0.1) is 0 Å². The zero-order valence-electron chi connectivity index (χ0n) is 12.8. The molecule has 23 heavy (non-hydrogen) atoms. The fourth-order valence-electron chi connectivity index (χ4n) is 2.45. The number of para-hydroxylation sites is 1. The number of amides is 2. The van der Waals surface area contributed by atoms with Crippen molar-refractivity contribution in [2.75, 3.05) is 17.3 Å². The Balaban J connectivity index is 1.84. The molecule has 0 atom stereocenters. The summed E-state index contributed by atoms with van der Waals surface area (Å²) in [6, 6.07) is 14.8. The van der Waals surface area contributed by atoms with Crippen LogP contribution in [0.2, 0.25) is 0 Å². The first-order valence-electron chi connectivity index (χ1n) is 7.50. The Bertz CT molecular complexity index is 756. The lowest BCUT2D eigenvalue weighted by atomic mass is 10.1. The van der Waals surface area contributed by atoms with Gasteiger partial charge >= 0.3 is 0 Å². The molecule has 0 aromatic heterocycles. The first-order chi connectivity index (χ1) is 11.1. The molecular formula is C18H17IN2O2. The number of nitrogens with one attached hydrogen (secondary N) is 1. The second-order valence-electron chi connectivity index (χ2n) is 5.65. The molecule has 0 radical (unpaired) electrons. The van der Waals surface area contributed by atoms with Gasteiger partial charge in [0.2, 0.25) is 5.91 Å². The summed E-state index contributed by atoms with van der Waals surface area (Å²) in [7, 11) is 1.73. The highest BCUT2D eigenvalue weighted by molar-refractivity contribution is 14.1. The Kier molecular flexibility index (Phi) is 4.66. The van der Waals surface area contributed by atoms with Crippen molar-refractivity contribution in [3.63, 3.8) is 0 Å². The molecule has 0 aliphatic heterocycles. The maximum absolute atomic E-state index is 12.6. The van der Waals surface area contributed by atoms with E-state index in [1.807, 2.05) is 42.5 Å². The van der Waals surface area contributed by atoms with Gasteiger partial charge in [0.05, 0.1) is 11.3 Å². The Hall–Kier alpha value is -1.89. The molecule has 1 fully saturated rings. The molecule has 0 unspecified atom stereocenters. The molecule has 4 nitrogen and oxygen atoms in total. The van der Waals surface area contributed by atoms with Gasteiger partial charge in [-0.1, -0.05) is 18.2 Å². The SMILES string of the molecule is CN(C(=O)C1CC1)c1ccccc1C(=O)Nc1cccc(I)c1. The Morgan fingerprint density at radius 2 is 1.87 bits per heavy atom. The van der Waals surface area contributed by atoms with Crippen LogP contribution < -0.4 is 10.2 Å². The van der Waals surface area contributed by atoms with E-state index in [-0.39, 0.29) is 17.7 Å². The van der Waals surface area contributed by atoms with Crippen LogP contribution in [0.15, 0.2) is 48.5 Å². The predicted octanol–water partition coefficient (Wildman–Crippen LogP) is 3.92. The average molecular weight is 420 g/mol. The van der Waals surface area contributed by atoms with E-state index in [0.717, 1.165) is 22.1 Å². The van der Waals surface area contributed by atoms with E-state index < -0.39 is 0 Å². The van der Waals surface area contributed by atoms with Gasteiger partial charge in [0.1, 0.15) is 0 Å². The predicted molar refractivity (Wildman–Crippen MR) is 99.7 cm³/mol. The van der Waals surface area contributed by atoms with Crippen LogP contribution in [0.25, 0.3) is 0 Å². The van der Waals surface area contributed by atoms with Crippen molar-refractivity contribution in [3.8, 4) is 0 Å². The number of hydrogen-bond donors (Lipinski definition) is 1. The highest BCUT2D eigenvalue weighted by Crippen LogP contribution is 2.33. The third-order valence-corrected chi connectivity index (χ3v) is 4.52. The molecule has 1 N–H and O–H groups in total. The largest absolute Gasteiger partial charge is 0.322 e. The third-order valence-electron chi connectivity index (χ3n) is 3.85. The van der Waals surface area contributed by atoms with E-state index in [2.05, 4.69) is 27.9 Å². The summed E-state index contributed by atoms with van der Waals surface area (Å²) in [5, 5.41) is 2.90. The maximum atomic E-state index is 12.6. The van der Waals surface area contributed by atoms with E-state index in [9.17, 15) is 9.59 Å². The highest BCUT2D eigenvalue weighted by atomic mass is 127. The quantitative estimate of drug-likeness (QED) is 0.763. The van der Waals surface area contributed by atoms with E-state index >= 15 is 0 Å². The lowest BCUT2D eigenvalue weighted by Gasteiger charge is -2.20. The monoisotopic (exact) mass is 420 g/mol. The molecule has 1 aliphatic carbocycles. The Morgan fingerprint density at radius 1 is 1.13 bits per heavy atom. The number of halogens is 1. The van der Waals surface area contributed by atoms with Gasteiger partial charge < -0.3 is 10.2 Å². The topological polar surface area (TPSA) is 49.4 Å². The zero-order valence-corrected chi connectivity index (χ0v) is 14.9. The van der Waals surface area contributed by atoms with Crippen molar-refractivity contribution in [1.82, 2.24) is 0 Å². The average Bonchev–Trinajstić information content (AvgIpc) is 3.38.